The summed E-state index contributed by atoms with van der Waals surface area (Å²) in [6, 6.07) is 17.5. The summed E-state index contributed by atoms with van der Waals surface area (Å²) in [6.07, 6.45) is 0. The molecule has 4 nitrogen and oxygen atoms in total. The minimum Gasteiger partial charge on any atom is -0.434 e. The van der Waals surface area contributed by atoms with Gasteiger partial charge in [-0.1, -0.05) is 48.5 Å². The Balaban J connectivity index is 0.00000156. The fraction of sp³-hybridized carbons (Fsp3) is 0.111. The predicted molar refractivity (Wildman–Crippen MR) is 85.7 cm³/mol. The first-order valence-corrected chi connectivity index (χ1v) is 7.08. The van der Waals surface area contributed by atoms with Crippen molar-refractivity contribution in [1.29, 1.82) is 0 Å². The summed E-state index contributed by atoms with van der Waals surface area (Å²) in [5.74, 6) is -0.447. The number of benzene rings is 3. The van der Waals surface area contributed by atoms with Crippen LogP contribution >= 0.6 is 0 Å². The average Bonchev–Trinajstić information content (AvgIpc) is 2.80. The molecule has 0 bridgehead atoms. The van der Waals surface area contributed by atoms with E-state index in [9.17, 15) is 9.59 Å². The van der Waals surface area contributed by atoms with E-state index in [2.05, 4.69) is 34.9 Å². The normalized spacial score (nSPS) is 20.2. The van der Waals surface area contributed by atoms with E-state index in [1.54, 1.807) is 6.92 Å². The molecule has 1 atom stereocenters. The summed E-state index contributed by atoms with van der Waals surface area (Å²) < 4.78 is 0. The van der Waals surface area contributed by atoms with Crippen molar-refractivity contribution in [3.8, 4) is 0 Å². The number of carbonyl (C=O) groups excluding carboxylic acids is 2. The van der Waals surface area contributed by atoms with Crippen molar-refractivity contribution < 1.29 is 39.1 Å². The molecule has 23 heavy (non-hydrogen) atoms. The maximum atomic E-state index is 12.1. The molecule has 1 aliphatic heterocycles. The van der Waals surface area contributed by atoms with Crippen LogP contribution in [0.25, 0.3) is 26.9 Å². The molecular formula is C18H13N2NaO2. The van der Waals surface area contributed by atoms with Gasteiger partial charge in [-0.15, -0.1) is 0 Å². The monoisotopic (exact) mass is 312 g/mol. The number of hydrogen-bond donors (Lipinski definition) is 1. The molecule has 3 aromatic rings. The van der Waals surface area contributed by atoms with E-state index >= 15 is 0 Å². The maximum Gasteiger partial charge on any atom is 1.00 e. The van der Waals surface area contributed by atoms with E-state index in [-0.39, 0.29) is 29.6 Å². The molecule has 0 aliphatic carbocycles. The van der Waals surface area contributed by atoms with Gasteiger partial charge in [-0.25, -0.2) is 0 Å². The third-order valence-corrected chi connectivity index (χ3v) is 4.31. The molecule has 5 heteroatoms. The van der Waals surface area contributed by atoms with E-state index in [4.69, 9.17) is 0 Å². The Hall–Kier alpha value is -1.88. The van der Waals surface area contributed by atoms with E-state index < -0.39 is 17.5 Å². The van der Waals surface area contributed by atoms with Crippen LogP contribution in [0.2, 0.25) is 0 Å². The van der Waals surface area contributed by atoms with E-state index in [1.807, 2.05) is 30.3 Å². The molecule has 1 N–H and O–H groups in total. The minimum atomic E-state index is -1.08. The van der Waals surface area contributed by atoms with Gasteiger partial charge in [-0.2, -0.15) is 0 Å². The Morgan fingerprint density at radius 1 is 0.913 bits per heavy atom. The van der Waals surface area contributed by atoms with Crippen molar-refractivity contribution in [2.45, 2.75) is 12.5 Å². The van der Waals surface area contributed by atoms with Crippen LogP contribution in [-0.2, 0) is 10.3 Å². The molecule has 1 aliphatic rings. The number of nitrogens with one attached hydrogen (secondary N) is 1. The molecule has 4 rings (SSSR count). The standard InChI is InChI=1S/C18H14N2O2.Na/c1-18(16(21)19-17(22)20-18)13-9-8-12-7-6-11-4-2-3-5-14(11)15(12)10-13;/h2-10H,1H3,(H2,19,20,21,22);/q;+1/p-1. The second kappa shape index (κ2) is 5.64. The Bertz CT molecular complexity index is 954. The van der Waals surface area contributed by atoms with E-state index in [1.165, 1.54) is 0 Å². The summed E-state index contributed by atoms with van der Waals surface area (Å²) in [6.45, 7) is 1.69. The van der Waals surface area contributed by atoms with Gasteiger partial charge in [0.1, 0.15) is 0 Å². The van der Waals surface area contributed by atoms with Gasteiger partial charge in [0.05, 0.1) is 5.54 Å². The van der Waals surface area contributed by atoms with Crippen molar-refractivity contribution in [2.75, 3.05) is 0 Å². The van der Waals surface area contributed by atoms with Gasteiger partial charge in [-0.3, -0.25) is 9.59 Å². The van der Waals surface area contributed by atoms with E-state index in [0.717, 1.165) is 27.1 Å². The largest absolute Gasteiger partial charge is 1.00 e. The smallest absolute Gasteiger partial charge is 0.434 e. The Morgan fingerprint density at radius 2 is 1.57 bits per heavy atom. The topological polar surface area (TPSA) is 60.3 Å². The number of carbonyl (C=O) groups is 2. The van der Waals surface area contributed by atoms with Crippen molar-refractivity contribution in [3.05, 3.63) is 65.5 Å². The van der Waals surface area contributed by atoms with Crippen LogP contribution in [0.1, 0.15) is 12.5 Å². The van der Waals surface area contributed by atoms with E-state index in [0.29, 0.717) is 0 Å². The van der Waals surface area contributed by atoms with Crippen LogP contribution in [0.15, 0.2) is 54.6 Å². The van der Waals surface area contributed by atoms with Gasteiger partial charge < -0.3 is 10.6 Å². The Labute approximate surface area is 155 Å². The number of nitrogens with zero attached hydrogens (tertiary/aromatic N) is 1. The van der Waals surface area contributed by atoms with Gasteiger partial charge in [0, 0.05) is 0 Å². The molecular weight excluding hydrogens is 299 g/mol. The first-order chi connectivity index (χ1) is 10.6. The minimum absolute atomic E-state index is 0. The summed E-state index contributed by atoms with van der Waals surface area (Å²) in [4.78, 5) is 23.5. The summed E-state index contributed by atoms with van der Waals surface area (Å²) in [5, 5.41) is 10.6. The van der Waals surface area contributed by atoms with Gasteiger partial charge in [0.2, 0.25) is 0 Å². The number of fused-ring (bicyclic) bond motifs is 3. The molecule has 1 unspecified atom stereocenters. The quantitative estimate of drug-likeness (QED) is 0.411. The molecule has 108 valence electrons. The third kappa shape index (κ3) is 2.43. The van der Waals surface area contributed by atoms with Crippen LogP contribution in [0.4, 0.5) is 4.79 Å². The van der Waals surface area contributed by atoms with Crippen molar-refractivity contribution in [2.24, 2.45) is 0 Å². The molecule has 0 radical (unpaired) electrons. The first kappa shape index (κ1) is 16.0. The van der Waals surface area contributed by atoms with Gasteiger partial charge >= 0.3 is 29.6 Å². The fourth-order valence-electron chi connectivity index (χ4n) is 3.01. The SMILES string of the molecule is CC1(c2ccc3ccc4ccccc4c3c2)NC(=O)[N-]C1=O.[Na+]. The van der Waals surface area contributed by atoms with Crippen molar-refractivity contribution >= 4 is 33.5 Å². The molecule has 0 aromatic heterocycles. The summed E-state index contributed by atoms with van der Waals surface area (Å²) in [5.41, 5.74) is -0.335. The number of imide groups is 1. The zero-order valence-electron chi connectivity index (χ0n) is 13.0. The first-order valence-electron chi connectivity index (χ1n) is 7.08. The third-order valence-electron chi connectivity index (χ3n) is 4.31. The van der Waals surface area contributed by atoms with Crippen LogP contribution in [0.3, 0.4) is 0 Å². The maximum absolute atomic E-state index is 12.1. The second-order valence-corrected chi connectivity index (χ2v) is 5.69. The predicted octanol–water partition coefficient (Wildman–Crippen LogP) is 0.836. The van der Waals surface area contributed by atoms with Crippen LogP contribution in [0, 0.1) is 0 Å². The van der Waals surface area contributed by atoms with Crippen molar-refractivity contribution in [1.82, 2.24) is 5.32 Å². The molecule has 0 spiro atoms. The summed E-state index contributed by atoms with van der Waals surface area (Å²) in [7, 11) is 0. The molecule has 0 saturated carbocycles. The second-order valence-electron chi connectivity index (χ2n) is 5.69. The Kier molecular flexibility index (Phi) is 3.92. The Morgan fingerprint density at radius 3 is 2.26 bits per heavy atom. The molecule has 1 fully saturated rings. The number of urea groups is 1. The van der Waals surface area contributed by atoms with Crippen LogP contribution < -0.4 is 34.9 Å². The average molecular weight is 312 g/mol. The fourth-order valence-corrected chi connectivity index (χ4v) is 3.01. The molecule has 1 heterocycles. The number of hydrogen-bond acceptors (Lipinski definition) is 2. The van der Waals surface area contributed by atoms with Crippen LogP contribution in [0.5, 0.6) is 0 Å². The zero-order chi connectivity index (χ0) is 15.3. The number of rotatable bonds is 1. The number of amides is 3. The zero-order valence-corrected chi connectivity index (χ0v) is 15.0. The van der Waals surface area contributed by atoms with Crippen LogP contribution in [-0.4, -0.2) is 11.9 Å². The molecule has 3 amide bonds. The molecule has 3 aromatic carbocycles. The van der Waals surface area contributed by atoms with Gasteiger partial charge in [0.25, 0.3) is 0 Å². The van der Waals surface area contributed by atoms with Gasteiger partial charge in [0.15, 0.2) is 11.9 Å². The molecule has 1 saturated heterocycles. The van der Waals surface area contributed by atoms with Crippen molar-refractivity contribution in [3.63, 3.8) is 0 Å². The van der Waals surface area contributed by atoms with Gasteiger partial charge in [-0.05, 0) is 40.1 Å². The summed E-state index contributed by atoms with van der Waals surface area (Å²) >= 11 is 0.